The van der Waals surface area contributed by atoms with Crippen molar-refractivity contribution in [3.63, 3.8) is 0 Å². The van der Waals surface area contributed by atoms with Gasteiger partial charge in [-0.3, -0.25) is 9.59 Å². The van der Waals surface area contributed by atoms with Gasteiger partial charge in [-0.15, -0.1) is 10.2 Å². The van der Waals surface area contributed by atoms with Gasteiger partial charge in [0.2, 0.25) is 16.0 Å². The van der Waals surface area contributed by atoms with Gasteiger partial charge in [0.1, 0.15) is 0 Å². The van der Waals surface area contributed by atoms with Crippen molar-refractivity contribution in [3.05, 3.63) is 5.01 Å². The maximum atomic E-state index is 11.7. The van der Waals surface area contributed by atoms with E-state index in [1.165, 1.54) is 0 Å². The Hall–Kier alpha value is -1.70. The number of carbonyl (C=O) groups is 2. The molecule has 8 heteroatoms. The zero-order valence-corrected chi connectivity index (χ0v) is 12.1. The average molecular weight is 285 g/mol. The Morgan fingerprint density at radius 2 is 2.00 bits per heavy atom. The van der Waals surface area contributed by atoms with Crippen molar-refractivity contribution in [1.82, 2.24) is 20.8 Å². The molecule has 1 heterocycles. The quantitative estimate of drug-likeness (QED) is 0.677. The van der Waals surface area contributed by atoms with Crippen LogP contribution in [-0.2, 0) is 4.79 Å². The molecule has 19 heavy (non-hydrogen) atoms. The smallest absolute Gasteiger partial charge is 0.282 e. The minimum Gasteiger partial charge on any atom is -0.360 e. The maximum absolute atomic E-state index is 11.7. The first-order chi connectivity index (χ1) is 9.02. The number of carbonyl (C=O) groups excluding carboxylic acids is 2. The monoisotopic (exact) mass is 285 g/mol. The summed E-state index contributed by atoms with van der Waals surface area (Å²) in [4.78, 5) is 23.1. The average Bonchev–Trinajstić information content (AvgIpc) is 2.82. The van der Waals surface area contributed by atoms with Crippen molar-refractivity contribution in [3.8, 4) is 0 Å². The number of hydrogen-bond acceptors (Lipinski definition) is 6. The molecule has 1 rings (SSSR count). The first-order valence-corrected chi connectivity index (χ1v) is 6.96. The summed E-state index contributed by atoms with van der Waals surface area (Å²) in [5, 5.41) is 16.6. The predicted octanol–water partition coefficient (Wildman–Crippen LogP) is 0.472. The van der Waals surface area contributed by atoms with E-state index in [0.29, 0.717) is 24.1 Å². The lowest BCUT2D eigenvalue weighted by molar-refractivity contribution is -0.120. The molecule has 0 aliphatic heterocycles. The van der Waals surface area contributed by atoms with Crippen LogP contribution in [0.25, 0.3) is 0 Å². The Labute approximate surface area is 116 Å². The zero-order valence-electron chi connectivity index (χ0n) is 11.3. The minimum atomic E-state index is -0.388. The summed E-state index contributed by atoms with van der Waals surface area (Å²) in [6.07, 6.45) is 0. The van der Waals surface area contributed by atoms with Crippen LogP contribution in [-0.4, -0.2) is 41.6 Å². The molecule has 1 aromatic rings. The lowest BCUT2D eigenvalue weighted by Crippen LogP contribution is -2.38. The van der Waals surface area contributed by atoms with Gasteiger partial charge in [0.05, 0.1) is 6.54 Å². The van der Waals surface area contributed by atoms with Crippen molar-refractivity contribution < 1.29 is 9.59 Å². The second-order valence-electron chi connectivity index (χ2n) is 4.32. The third kappa shape index (κ3) is 5.64. The van der Waals surface area contributed by atoms with E-state index in [2.05, 4.69) is 26.1 Å². The number of hydrogen-bond donors (Lipinski definition) is 3. The highest BCUT2D eigenvalue weighted by molar-refractivity contribution is 7.17. The largest absolute Gasteiger partial charge is 0.360 e. The molecule has 106 valence electrons. The SMILES string of the molecule is CCNc1nnc(C(=O)NCC(=O)NCC(C)C)s1. The topological polar surface area (TPSA) is 96.0 Å². The molecule has 0 bridgehead atoms. The van der Waals surface area contributed by atoms with E-state index in [0.717, 1.165) is 11.3 Å². The van der Waals surface area contributed by atoms with Crippen LogP contribution in [0.5, 0.6) is 0 Å². The summed E-state index contributed by atoms with van der Waals surface area (Å²) < 4.78 is 0. The first kappa shape index (κ1) is 15.4. The van der Waals surface area contributed by atoms with Gasteiger partial charge in [0, 0.05) is 13.1 Å². The fraction of sp³-hybridized carbons (Fsp3) is 0.636. The Morgan fingerprint density at radius 1 is 1.26 bits per heavy atom. The third-order valence-electron chi connectivity index (χ3n) is 2.06. The van der Waals surface area contributed by atoms with Crippen molar-refractivity contribution in [2.75, 3.05) is 25.0 Å². The van der Waals surface area contributed by atoms with Crippen LogP contribution in [0.2, 0.25) is 0 Å². The summed E-state index contributed by atoms with van der Waals surface area (Å²) in [5.74, 6) is -0.217. The normalized spacial score (nSPS) is 10.3. The van der Waals surface area contributed by atoms with E-state index in [9.17, 15) is 9.59 Å². The van der Waals surface area contributed by atoms with Crippen LogP contribution in [0.3, 0.4) is 0 Å². The summed E-state index contributed by atoms with van der Waals surface area (Å²) in [6, 6.07) is 0. The molecule has 0 saturated heterocycles. The molecule has 0 aromatic carbocycles. The molecule has 0 atom stereocenters. The Bertz CT molecular complexity index is 432. The zero-order chi connectivity index (χ0) is 14.3. The number of anilines is 1. The third-order valence-corrected chi connectivity index (χ3v) is 2.94. The van der Waals surface area contributed by atoms with Crippen molar-refractivity contribution in [2.24, 2.45) is 5.92 Å². The molecule has 3 N–H and O–H groups in total. The lowest BCUT2D eigenvalue weighted by atomic mass is 10.2. The van der Waals surface area contributed by atoms with Gasteiger partial charge in [0.15, 0.2) is 0 Å². The van der Waals surface area contributed by atoms with Crippen LogP contribution in [0.4, 0.5) is 5.13 Å². The highest BCUT2D eigenvalue weighted by Crippen LogP contribution is 2.14. The van der Waals surface area contributed by atoms with Crippen molar-refractivity contribution in [2.45, 2.75) is 20.8 Å². The summed E-state index contributed by atoms with van der Waals surface area (Å²) in [5.41, 5.74) is 0. The highest BCUT2D eigenvalue weighted by Gasteiger charge is 2.13. The predicted molar refractivity (Wildman–Crippen MR) is 74.3 cm³/mol. The van der Waals surface area contributed by atoms with Gasteiger partial charge >= 0.3 is 0 Å². The first-order valence-electron chi connectivity index (χ1n) is 6.15. The van der Waals surface area contributed by atoms with Gasteiger partial charge < -0.3 is 16.0 Å². The molecule has 0 aliphatic carbocycles. The molecular formula is C11H19N5O2S. The number of nitrogens with one attached hydrogen (secondary N) is 3. The van der Waals surface area contributed by atoms with Crippen LogP contribution in [0, 0.1) is 5.92 Å². The molecule has 7 nitrogen and oxygen atoms in total. The summed E-state index contributed by atoms with van der Waals surface area (Å²) in [6.45, 7) is 7.19. The van der Waals surface area contributed by atoms with Crippen LogP contribution >= 0.6 is 11.3 Å². The van der Waals surface area contributed by atoms with E-state index < -0.39 is 0 Å². The molecule has 0 radical (unpaired) electrons. The van der Waals surface area contributed by atoms with Crippen LogP contribution in [0.1, 0.15) is 30.6 Å². The van der Waals surface area contributed by atoms with Gasteiger partial charge in [-0.1, -0.05) is 25.2 Å². The lowest BCUT2D eigenvalue weighted by Gasteiger charge is -2.07. The molecule has 1 aromatic heterocycles. The van der Waals surface area contributed by atoms with E-state index >= 15 is 0 Å². The Balaban J connectivity index is 2.35. The maximum Gasteiger partial charge on any atom is 0.282 e. The second kappa shape index (κ2) is 7.67. The summed E-state index contributed by atoms with van der Waals surface area (Å²) >= 11 is 1.16. The van der Waals surface area contributed by atoms with Gasteiger partial charge in [-0.2, -0.15) is 0 Å². The number of nitrogens with zero attached hydrogens (tertiary/aromatic N) is 2. The van der Waals surface area contributed by atoms with Gasteiger partial charge in [0.25, 0.3) is 5.91 Å². The molecule has 0 saturated carbocycles. The van der Waals surface area contributed by atoms with E-state index in [-0.39, 0.29) is 23.4 Å². The molecule has 0 fully saturated rings. The van der Waals surface area contributed by atoms with Crippen molar-refractivity contribution in [1.29, 1.82) is 0 Å². The van der Waals surface area contributed by atoms with E-state index in [4.69, 9.17) is 0 Å². The summed E-state index contributed by atoms with van der Waals surface area (Å²) in [7, 11) is 0. The highest BCUT2D eigenvalue weighted by atomic mass is 32.1. The molecule has 0 aliphatic rings. The fourth-order valence-corrected chi connectivity index (χ4v) is 1.88. The van der Waals surface area contributed by atoms with Crippen LogP contribution in [0.15, 0.2) is 0 Å². The van der Waals surface area contributed by atoms with Crippen LogP contribution < -0.4 is 16.0 Å². The van der Waals surface area contributed by atoms with Gasteiger partial charge in [-0.05, 0) is 12.8 Å². The van der Waals surface area contributed by atoms with Gasteiger partial charge in [-0.25, -0.2) is 0 Å². The Morgan fingerprint density at radius 3 is 2.63 bits per heavy atom. The molecule has 0 spiro atoms. The number of amides is 2. The standard InChI is InChI=1S/C11H19N5O2S/c1-4-12-11-16-15-10(19-11)9(18)14-6-8(17)13-5-7(2)3/h7H,4-6H2,1-3H3,(H,12,16)(H,13,17)(H,14,18). The van der Waals surface area contributed by atoms with Crippen molar-refractivity contribution >= 4 is 28.3 Å². The van der Waals surface area contributed by atoms with E-state index in [1.807, 2.05) is 20.8 Å². The number of rotatable bonds is 7. The fourth-order valence-electron chi connectivity index (χ4n) is 1.15. The Kier molecular flexibility index (Phi) is 6.20. The molecule has 2 amide bonds. The van der Waals surface area contributed by atoms with E-state index in [1.54, 1.807) is 0 Å². The number of aromatic nitrogens is 2. The molecular weight excluding hydrogens is 266 g/mol. The molecule has 0 unspecified atom stereocenters. The minimum absolute atomic E-state index is 0.0539. The second-order valence-corrected chi connectivity index (χ2v) is 5.30.